The maximum atomic E-state index is 15.3. The summed E-state index contributed by atoms with van der Waals surface area (Å²) in [5.41, 5.74) is -9.07. The highest BCUT2D eigenvalue weighted by Crippen LogP contribution is 2.40. The van der Waals surface area contributed by atoms with Crippen molar-refractivity contribution in [2.24, 2.45) is 46.6 Å². The molecule has 0 aromatic carbocycles. The SMILES string of the molecule is CON=C1C[C@@H](C)O[C@@H](O[C@@H]2[C@@H](C)[C@H](O[C@H]3CC(C)N(CC(C)(C)NS(=O)(=O)C(F)(F)F)C[C@H](C)O3)[C@@H](C)C(=O)O[C@H]([C@@H](C)CO[C@@H]3O[C@H](C)[C@@H](O)[C@@H](OC)[C@H]3OC)[C@H](C)[C@@H](OC(=O)CC(C)C)[C@@H](C)C(=O)[C@@](C)(O)C[C@@H]2C)[C@@H]1O. The predicted molar refractivity (Wildman–Crippen MR) is 284 cm³/mol. The minimum atomic E-state index is -5.72. The third-order valence-corrected chi connectivity index (χ3v) is 17.2. The first kappa shape index (κ1) is 69.8. The van der Waals surface area contributed by atoms with Gasteiger partial charge in [-0.2, -0.15) is 13.2 Å². The average molecular weight is 1180 g/mol. The molecule has 4 aliphatic rings. The molecule has 4 fully saturated rings. The van der Waals surface area contributed by atoms with Crippen LogP contribution in [0.4, 0.5) is 13.2 Å². The second-order valence-electron chi connectivity index (χ2n) is 24.2. The Hall–Kier alpha value is -2.70. The van der Waals surface area contributed by atoms with Crippen molar-refractivity contribution in [1.82, 2.24) is 9.62 Å². The van der Waals surface area contributed by atoms with Crippen LogP contribution in [0.15, 0.2) is 5.16 Å². The molecule has 4 N–H and O–H groups in total. The van der Waals surface area contributed by atoms with Crippen LogP contribution >= 0.6 is 0 Å². The molecule has 80 heavy (non-hydrogen) atoms. The molecule has 0 radical (unpaired) electrons. The molecule has 22 atom stereocenters. The molecular formula is C54H94F3N3O19S. The van der Waals surface area contributed by atoms with E-state index in [2.05, 4.69) is 5.16 Å². The molecule has 26 heteroatoms. The van der Waals surface area contributed by atoms with Crippen LogP contribution in [0.1, 0.15) is 130 Å². The van der Waals surface area contributed by atoms with Crippen LogP contribution in [-0.4, -0.2) is 202 Å². The molecule has 0 amide bonds. The summed E-state index contributed by atoms with van der Waals surface area (Å²) in [5.74, 6) is -8.14. The maximum Gasteiger partial charge on any atom is 0.511 e. The standard InChI is InChI=1S/C54H94F3N3O19S/c1-26(2)19-38(61)76-44-33(9)43(28(4)24-72-51-47(70-17)46(69-16)40(62)36(12)75-51)78-49(65)35(11)45(77-39-20-29(5)60(23-31(7)73-39)25-52(13,14)59-80(67,68)54(55,56)57)32(8)42(27(3)22-53(15,66)48(64)34(44)10)79-50-41(63)37(58-71-18)21-30(6)74-50/h26-36,39-47,50-51,59,62-63,66H,19-25H2,1-18H3/t27-,28-,29?,30+,31-,32+,33-,34+,35+,36+,39-,40+,41+,42-,43+,44+,45-,46+,47+,50-,51+,53-/m0/s1. The fourth-order valence-electron chi connectivity index (χ4n) is 11.8. The van der Waals surface area contributed by atoms with Crippen molar-refractivity contribution in [2.45, 2.75) is 238 Å². The van der Waals surface area contributed by atoms with Gasteiger partial charge < -0.3 is 67.5 Å². The molecule has 0 saturated carbocycles. The number of hydrogen-bond donors (Lipinski definition) is 4. The minimum Gasteiger partial charge on any atom is -0.461 e. The number of methoxy groups -OCH3 is 2. The number of nitrogens with zero attached hydrogens (tertiary/aromatic N) is 2. The Morgan fingerprint density at radius 1 is 0.850 bits per heavy atom. The van der Waals surface area contributed by atoms with Crippen molar-refractivity contribution in [1.29, 1.82) is 0 Å². The lowest BCUT2D eigenvalue weighted by Crippen LogP contribution is -2.59. The van der Waals surface area contributed by atoms with Crippen molar-refractivity contribution < 1.29 is 103 Å². The lowest BCUT2D eigenvalue weighted by Gasteiger charge is -2.44. The minimum absolute atomic E-state index is 0.0207. The largest absolute Gasteiger partial charge is 0.511 e. The molecular weight excluding hydrogens is 1080 g/mol. The highest BCUT2D eigenvalue weighted by atomic mass is 32.2. The monoisotopic (exact) mass is 1180 g/mol. The van der Waals surface area contributed by atoms with Crippen molar-refractivity contribution in [3.63, 3.8) is 0 Å². The molecule has 22 nitrogen and oxygen atoms in total. The molecule has 0 bridgehead atoms. The molecule has 4 heterocycles. The first-order valence-electron chi connectivity index (χ1n) is 27.8. The van der Waals surface area contributed by atoms with Gasteiger partial charge in [0.1, 0.15) is 49.3 Å². The molecule has 4 rings (SSSR count). The smallest absolute Gasteiger partial charge is 0.461 e. The summed E-state index contributed by atoms with van der Waals surface area (Å²) in [7, 11) is -1.56. The molecule has 0 spiro atoms. The molecule has 4 aliphatic heterocycles. The van der Waals surface area contributed by atoms with E-state index in [9.17, 15) is 46.5 Å². The number of aliphatic hydroxyl groups is 3. The van der Waals surface area contributed by atoms with Crippen molar-refractivity contribution >= 4 is 33.5 Å². The summed E-state index contributed by atoms with van der Waals surface area (Å²) in [5, 5.41) is 39.0. The van der Waals surface area contributed by atoms with Gasteiger partial charge in [0.15, 0.2) is 24.7 Å². The van der Waals surface area contributed by atoms with Crippen molar-refractivity contribution in [3.05, 3.63) is 0 Å². The van der Waals surface area contributed by atoms with Crippen LogP contribution in [0.3, 0.4) is 0 Å². The number of halogens is 3. The van der Waals surface area contributed by atoms with Gasteiger partial charge in [0.2, 0.25) is 0 Å². The van der Waals surface area contributed by atoms with Gasteiger partial charge in [0.25, 0.3) is 0 Å². The fourth-order valence-corrected chi connectivity index (χ4v) is 12.7. The molecule has 1 unspecified atom stereocenters. The van der Waals surface area contributed by atoms with Crippen LogP contribution in [0, 0.1) is 41.4 Å². The van der Waals surface area contributed by atoms with Gasteiger partial charge in [-0.15, -0.1) is 0 Å². The van der Waals surface area contributed by atoms with E-state index in [0.29, 0.717) is 0 Å². The van der Waals surface area contributed by atoms with Crippen LogP contribution in [-0.2, 0) is 76.6 Å². The Labute approximate surface area is 471 Å². The number of aliphatic hydroxyl groups excluding tert-OH is 2. The van der Waals surface area contributed by atoms with Gasteiger partial charge in [0, 0.05) is 75.9 Å². The Bertz CT molecular complexity index is 2160. The van der Waals surface area contributed by atoms with Gasteiger partial charge in [0.05, 0.1) is 54.7 Å². The van der Waals surface area contributed by atoms with Crippen LogP contribution in [0.25, 0.3) is 0 Å². The van der Waals surface area contributed by atoms with Crippen LogP contribution in [0.2, 0.25) is 0 Å². The number of sulfonamides is 1. The Kier molecular flexibility index (Phi) is 25.2. The molecule has 0 aliphatic carbocycles. The van der Waals surface area contributed by atoms with E-state index in [1.807, 2.05) is 13.8 Å². The first-order valence-corrected chi connectivity index (χ1v) is 29.3. The van der Waals surface area contributed by atoms with E-state index in [0.717, 1.165) is 0 Å². The highest BCUT2D eigenvalue weighted by Gasteiger charge is 2.52. The van der Waals surface area contributed by atoms with Gasteiger partial charge in [-0.1, -0.05) is 53.6 Å². The summed E-state index contributed by atoms with van der Waals surface area (Å²) < 4.78 is 130. The number of cyclic esters (lactones) is 1. The summed E-state index contributed by atoms with van der Waals surface area (Å²) in [6.45, 7) is 24.4. The van der Waals surface area contributed by atoms with Gasteiger partial charge in [-0.05, 0) is 73.6 Å². The number of esters is 2. The molecule has 4 saturated heterocycles. The number of hydrogen-bond acceptors (Lipinski definition) is 21. The number of rotatable bonds is 18. The highest BCUT2D eigenvalue weighted by molar-refractivity contribution is 7.90. The predicted octanol–water partition coefficient (Wildman–Crippen LogP) is 4.86. The molecule has 466 valence electrons. The summed E-state index contributed by atoms with van der Waals surface area (Å²) in [4.78, 5) is 50.9. The molecule has 0 aromatic heterocycles. The van der Waals surface area contributed by atoms with E-state index < -0.39 is 172 Å². The topological polar surface area (TPSA) is 275 Å². The van der Waals surface area contributed by atoms with Crippen molar-refractivity contribution in [2.75, 3.05) is 41.0 Å². The number of nitrogens with one attached hydrogen (secondary N) is 1. The lowest BCUT2D eigenvalue weighted by atomic mass is 9.74. The average Bonchev–Trinajstić information content (AvgIpc) is 3.49. The number of carbonyl (C=O) groups excluding carboxylic acids is 3. The Balaban J connectivity index is 1.89. The normalized spacial score (nSPS) is 40.0. The summed E-state index contributed by atoms with van der Waals surface area (Å²) in [6, 6.07) is -0.520. The summed E-state index contributed by atoms with van der Waals surface area (Å²) >= 11 is 0. The van der Waals surface area contributed by atoms with Gasteiger partial charge in [-0.3, -0.25) is 19.3 Å². The molecule has 0 aromatic rings. The van der Waals surface area contributed by atoms with Crippen LogP contribution in [0.5, 0.6) is 0 Å². The third kappa shape index (κ3) is 17.9. The number of carbonyl (C=O) groups is 3. The van der Waals surface area contributed by atoms with Gasteiger partial charge in [-0.25, -0.2) is 13.1 Å². The number of ether oxygens (including phenoxy) is 10. The fraction of sp³-hybridized carbons (Fsp3) is 0.926. The number of Topliss-reactive ketones (excluding diaryl/α,β-unsaturated/α-hetero) is 1. The van der Waals surface area contributed by atoms with E-state index in [1.54, 1.807) is 78.9 Å². The van der Waals surface area contributed by atoms with E-state index in [4.69, 9.17) is 52.2 Å². The quantitative estimate of drug-likeness (QED) is 0.105. The van der Waals surface area contributed by atoms with E-state index >= 15 is 4.79 Å². The van der Waals surface area contributed by atoms with Gasteiger partial charge >= 0.3 is 27.5 Å². The zero-order valence-corrected chi connectivity index (χ0v) is 50.8. The Morgan fingerprint density at radius 3 is 2.05 bits per heavy atom. The van der Waals surface area contributed by atoms with E-state index in [-0.39, 0.29) is 57.0 Å². The second-order valence-corrected chi connectivity index (χ2v) is 25.9. The Morgan fingerprint density at radius 2 is 1.48 bits per heavy atom. The number of alkyl halides is 3. The zero-order valence-electron chi connectivity index (χ0n) is 50.0. The maximum absolute atomic E-state index is 15.3. The van der Waals surface area contributed by atoms with E-state index in [1.165, 1.54) is 42.1 Å². The number of ketones is 1. The first-order chi connectivity index (χ1) is 36.9. The third-order valence-electron chi connectivity index (χ3n) is 15.8. The van der Waals surface area contributed by atoms with Crippen LogP contribution < -0.4 is 4.72 Å². The zero-order chi connectivity index (χ0) is 60.7. The lowest BCUT2D eigenvalue weighted by molar-refractivity contribution is -0.305. The summed E-state index contributed by atoms with van der Waals surface area (Å²) in [6.07, 6.45) is -14.7. The van der Waals surface area contributed by atoms with Crippen molar-refractivity contribution in [3.8, 4) is 0 Å². The number of oxime groups is 1. The second kappa shape index (κ2) is 28.9.